The zero-order valence-electron chi connectivity index (χ0n) is 9.72. The summed E-state index contributed by atoms with van der Waals surface area (Å²) in [6.07, 6.45) is 1.87. The third kappa shape index (κ3) is 2.72. The van der Waals surface area contributed by atoms with Gasteiger partial charge in [-0.1, -0.05) is 12.1 Å². The first-order valence-electron chi connectivity index (χ1n) is 5.52. The quantitative estimate of drug-likeness (QED) is 0.867. The predicted molar refractivity (Wildman–Crippen MR) is 63.5 cm³/mol. The Labute approximate surface area is 102 Å². The van der Waals surface area contributed by atoms with E-state index in [9.17, 15) is 0 Å². The molecule has 1 fully saturated rings. The van der Waals surface area contributed by atoms with Gasteiger partial charge in [-0.15, -0.1) is 12.4 Å². The summed E-state index contributed by atoms with van der Waals surface area (Å²) in [5, 5.41) is 3.90. The maximum atomic E-state index is 5.86. The van der Waals surface area contributed by atoms with Crippen LogP contribution in [-0.2, 0) is 6.42 Å². The minimum Gasteiger partial charge on any atom is -0.338 e. The second-order valence-electron chi connectivity index (χ2n) is 4.12. The van der Waals surface area contributed by atoms with Crippen LogP contribution in [0.3, 0.4) is 0 Å². The van der Waals surface area contributed by atoms with Gasteiger partial charge >= 0.3 is 0 Å². The molecule has 2 unspecified atom stereocenters. The first-order valence-corrected chi connectivity index (χ1v) is 5.52. The van der Waals surface area contributed by atoms with Gasteiger partial charge in [0, 0.05) is 25.6 Å². The van der Waals surface area contributed by atoms with Crippen LogP contribution in [0.4, 0.5) is 0 Å². The highest BCUT2D eigenvalue weighted by Crippen LogP contribution is 2.22. The van der Waals surface area contributed by atoms with Crippen LogP contribution < -0.4 is 5.73 Å². The summed E-state index contributed by atoms with van der Waals surface area (Å²) in [6, 6.07) is 0.479. The van der Waals surface area contributed by atoms with Crippen LogP contribution in [0.5, 0.6) is 0 Å². The van der Waals surface area contributed by atoms with Gasteiger partial charge in [0.05, 0.1) is 6.04 Å². The lowest BCUT2D eigenvalue weighted by atomic mass is 10.3. The molecule has 1 aliphatic rings. The van der Waals surface area contributed by atoms with Crippen molar-refractivity contribution < 1.29 is 4.52 Å². The Kier molecular flexibility index (Phi) is 4.70. The minimum absolute atomic E-state index is 0. The van der Waals surface area contributed by atoms with Gasteiger partial charge in [0.25, 0.3) is 0 Å². The van der Waals surface area contributed by atoms with Crippen molar-refractivity contribution in [2.24, 2.45) is 5.73 Å². The van der Waals surface area contributed by atoms with E-state index in [-0.39, 0.29) is 18.4 Å². The molecule has 16 heavy (non-hydrogen) atoms. The molecule has 92 valence electrons. The van der Waals surface area contributed by atoms with E-state index in [1.165, 1.54) is 0 Å². The number of rotatable bonds is 3. The normalized spacial score (nSPS) is 23.1. The average Bonchev–Trinajstić information content (AvgIpc) is 2.84. The van der Waals surface area contributed by atoms with Crippen LogP contribution in [0.1, 0.15) is 38.0 Å². The van der Waals surface area contributed by atoms with Crippen LogP contribution in [0, 0.1) is 0 Å². The third-order valence-corrected chi connectivity index (χ3v) is 2.96. The molecule has 6 heteroatoms. The zero-order valence-corrected chi connectivity index (χ0v) is 10.5. The van der Waals surface area contributed by atoms with Crippen LogP contribution in [0.25, 0.3) is 0 Å². The molecule has 1 aromatic rings. The number of aryl methyl sites for hydroxylation is 1. The summed E-state index contributed by atoms with van der Waals surface area (Å²) in [6.45, 7) is 6.05. The minimum atomic E-state index is 0. The molecule has 5 nitrogen and oxygen atoms in total. The van der Waals surface area contributed by atoms with Gasteiger partial charge in [0.15, 0.2) is 5.82 Å². The number of likely N-dealkylation sites (tertiary alicyclic amines) is 1. The van der Waals surface area contributed by atoms with Crippen molar-refractivity contribution >= 4 is 12.4 Å². The molecule has 1 aromatic heterocycles. The van der Waals surface area contributed by atoms with Crippen molar-refractivity contribution in [1.29, 1.82) is 0 Å². The topological polar surface area (TPSA) is 68.2 Å². The Hall–Kier alpha value is -0.650. The molecule has 0 bridgehead atoms. The van der Waals surface area contributed by atoms with E-state index < -0.39 is 0 Å². The summed E-state index contributed by atoms with van der Waals surface area (Å²) in [5.74, 6) is 1.49. The molecule has 0 saturated carbocycles. The van der Waals surface area contributed by atoms with Crippen LogP contribution in [-0.4, -0.2) is 34.2 Å². The first-order chi connectivity index (χ1) is 7.20. The SMILES string of the molecule is CCc1noc(C(C)N2CCC(N)C2)n1.Cl. The van der Waals surface area contributed by atoms with E-state index in [1.807, 2.05) is 6.92 Å². The molecule has 0 aliphatic carbocycles. The molecule has 1 saturated heterocycles. The van der Waals surface area contributed by atoms with Gasteiger partial charge in [0.1, 0.15) is 0 Å². The van der Waals surface area contributed by atoms with Gasteiger partial charge in [-0.25, -0.2) is 0 Å². The van der Waals surface area contributed by atoms with Gasteiger partial charge < -0.3 is 10.3 Å². The molecule has 1 aliphatic heterocycles. The Morgan fingerprint density at radius 3 is 2.88 bits per heavy atom. The van der Waals surface area contributed by atoms with Gasteiger partial charge in [0.2, 0.25) is 5.89 Å². The fourth-order valence-electron chi connectivity index (χ4n) is 1.90. The fourth-order valence-corrected chi connectivity index (χ4v) is 1.90. The van der Waals surface area contributed by atoms with Crippen molar-refractivity contribution in [3.63, 3.8) is 0 Å². The lowest BCUT2D eigenvalue weighted by molar-refractivity contribution is 0.207. The molecule has 2 N–H and O–H groups in total. The maximum Gasteiger partial charge on any atom is 0.243 e. The molecule has 2 heterocycles. The van der Waals surface area contributed by atoms with E-state index in [1.54, 1.807) is 0 Å². The van der Waals surface area contributed by atoms with Crippen LogP contribution >= 0.6 is 12.4 Å². The molecule has 0 amide bonds. The highest BCUT2D eigenvalue weighted by molar-refractivity contribution is 5.85. The van der Waals surface area contributed by atoms with Gasteiger partial charge in [-0.3, -0.25) is 4.90 Å². The molecular formula is C10H19ClN4O. The number of nitrogens with zero attached hydrogens (tertiary/aromatic N) is 3. The summed E-state index contributed by atoms with van der Waals surface area (Å²) in [5.41, 5.74) is 5.86. The van der Waals surface area contributed by atoms with Crippen molar-refractivity contribution in [2.45, 2.75) is 38.8 Å². The van der Waals surface area contributed by atoms with Crippen LogP contribution in [0.15, 0.2) is 4.52 Å². The average molecular weight is 247 g/mol. The number of nitrogens with two attached hydrogens (primary N) is 1. The van der Waals surface area contributed by atoms with E-state index in [0.717, 1.165) is 31.8 Å². The first kappa shape index (κ1) is 13.4. The van der Waals surface area contributed by atoms with Crippen molar-refractivity contribution in [3.8, 4) is 0 Å². The fraction of sp³-hybridized carbons (Fsp3) is 0.800. The van der Waals surface area contributed by atoms with E-state index in [0.29, 0.717) is 11.9 Å². The summed E-state index contributed by atoms with van der Waals surface area (Å²) < 4.78 is 5.22. The number of aromatic nitrogens is 2. The highest BCUT2D eigenvalue weighted by Gasteiger charge is 2.27. The molecule has 2 rings (SSSR count). The molecule has 0 aromatic carbocycles. The molecule has 2 atom stereocenters. The van der Waals surface area contributed by atoms with Crippen molar-refractivity contribution in [1.82, 2.24) is 15.0 Å². The largest absolute Gasteiger partial charge is 0.338 e. The Balaban J connectivity index is 0.00000128. The van der Waals surface area contributed by atoms with Crippen LogP contribution in [0.2, 0.25) is 0 Å². The van der Waals surface area contributed by atoms with Crippen molar-refractivity contribution in [2.75, 3.05) is 13.1 Å². The second-order valence-corrected chi connectivity index (χ2v) is 4.12. The Morgan fingerprint density at radius 2 is 2.38 bits per heavy atom. The van der Waals surface area contributed by atoms with Crippen molar-refractivity contribution in [3.05, 3.63) is 11.7 Å². The zero-order chi connectivity index (χ0) is 10.8. The van der Waals surface area contributed by atoms with Gasteiger partial charge in [-0.05, 0) is 13.3 Å². The number of hydrogen-bond acceptors (Lipinski definition) is 5. The van der Waals surface area contributed by atoms with E-state index in [4.69, 9.17) is 10.3 Å². The van der Waals surface area contributed by atoms with E-state index in [2.05, 4.69) is 22.0 Å². The monoisotopic (exact) mass is 246 g/mol. The lowest BCUT2D eigenvalue weighted by Crippen LogP contribution is -2.29. The standard InChI is InChI=1S/C10H18N4O.ClH/c1-3-9-12-10(15-13-9)7(2)14-5-4-8(11)6-14;/h7-8H,3-6,11H2,1-2H3;1H. The summed E-state index contributed by atoms with van der Waals surface area (Å²) >= 11 is 0. The third-order valence-electron chi connectivity index (χ3n) is 2.96. The molecular weight excluding hydrogens is 228 g/mol. The molecule has 0 radical (unpaired) electrons. The summed E-state index contributed by atoms with van der Waals surface area (Å²) in [4.78, 5) is 6.63. The van der Waals surface area contributed by atoms with E-state index >= 15 is 0 Å². The number of hydrogen-bond donors (Lipinski definition) is 1. The Bertz CT molecular complexity index is 330. The van der Waals surface area contributed by atoms with Gasteiger partial charge in [-0.2, -0.15) is 4.98 Å². The summed E-state index contributed by atoms with van der Waals surface area (Å²) in [7, 11) is 0. The number of halogens is 1. The predicted octanol–water partition coefficient (Wildman–Crippen LogP) is 1.15. The second kappa shape index (κ2) is 5.61. The smallest absolute Gasteiger partial charge is 0.243 e. The Morgan fingerprint density at radius 1 is 1.62 bits per heavy atom. The highest BCUT2D eigenvalue weighted by atomic mass is 35.5. The molecule has 0 spiro atoms. The lowest BCUT2D eigenvalue weighted by Gasteiger charge is -2.20. The maximum absolute atomic E-state index is 5.86.